The lowest BCUT2D eigenvalue weighted by molar-refractivity contribution is -0.121. The largest absolute Gasteiger partial charge is 0.273 e. The van der Waals surface area contributed by atoms with Crippen LogP contribution in [0.15, 0.2) is 29.4 Å². The molecule has 1 aromatic carbocycles. The molecule has 0 aliphatic heterocycles. The van der Waals surface area contributed by atoms with Crippen LogP contribution < -0.4 is 5.43 Å². The Bertz CT molecular complexity index is 427. The van der Waals surface area contributed by atoms with Crippen LogP contribution in [0.3, 0.4) is 0 Å². The summed E-state index contributed by atoms with van der Waals surface area (Å²) < 4.78 is 0. The zero-order valence-electron chi connectivity index (χ0n) is 10.3. The highest BCUT2D eigenvalue weighted by Crippen LogP contribution is 2.15. The molecule has 0 saturated heterocycles. The van der Waals surface area contributed by atoms with Crippen LogP contribution in [0.2, 0.25) is 5.02 Å². The molecule has 0 radical (unpaired) electrons. The molecule has 1 amide bonds. The Labute approximate surface area is 107 Å². The van der Waals surface area contributed by atoms with Crippen LogP contribution in [0.5, 0.6) is 0 Å². The number of carbonyl (C=O) groups is 1. The van der Waals surface area contributed by atoms with Gasteiger partial charge in [-0.15, -0.1) is 0 Å². The van der Waals surface area contributed by atoms with Crippen molar-refractivity contribution in [1.29, 1.82) is 0 Å². The first-order chi connectivity index (χ1) is 8.00. The highest BCUT2D eigenvalue weighted by Gasteiger charge is 2.05. The number of hydrogen-bond donors (Lipinski definition) is 1. The van der Waals surface area contributed by atoms with Gasteiger partial charge in [-0.2, -0.15) is 5.10 Å². The van der Waals surface area contributed by atoms with E-state index in [9.17, 15) is 4.79 Å². The van der Waals surface area contributed by atoms with Crippen molar-refractivity contribution in [2.45, 2.75) is 27.2 Å². The van der Waals surface area contributed by atoms with Crippen molar-refractivity contribution >= 4 is 23.2 Å². The smallest absolute Gasteiger partial charge is 0.240 e. The predicted molar refractivity (Wildman–Crippen MR) is 71.3 cm³/mol. The Hall–Kier alpha value is -1.35. The number of hydrazone groups is 1. The van der Waals surface area contributed by atoms with Crippen LogP contribution in [0.25, 0.3) is 0 Å². The van der Waals surface area contributed by atoms with Crippen molar-refractivity contribution in [2.24, 2.45) is 11.0 Å². The van der Waals surface area contributed by atoms with Gasteiger partial charge in [-0.1, -0.05) is 43.6 Å². The number of halogens is 1. The lowest BCUT2D eigenvalue weighted by atomic mass is 10.1. The van der Waals surface area contributed by atoms with Gasteiger partial charge in [0, 0.05) is 17.0 Å². The molecule has 1 rings (SSSR count). The number of carbonyl (C=O) groups excluding carboxylic acids is 1. The maximum Gasteiger partial charge on any atom is 0.240 e. The monoisotopic (exact) mass is 252 g/mol. The lowest BCUT2D eigenvalue weighted by Crippen LogP contribution is -2.20. The molecule has 1 N–H and O–H groups in total. The molecule has 92 valence electrons. The molecule has 0 spiro atoms. The zero-order valence-corrected chi connectivity index (χ0v) is 11.1. The summed E-state index contributed by atoms with van der Waals surface area (Å²) >= 11 is 6.03. The normalized spacial score (nSPS) is 11.7. The van der Waals surface area contributed by atoms with Crippen LogP contribution >= 0.6 is 11.6 Å². The fraction of sp³-hybridized carbons (Fsp3) is 0.385. The number of nitrogens with zero attached hydrogens (tertiary/aromatic N) is 1. The summed E-state index contributed by atoms with van der Waals surface area (Å²) in [5.74, 6) is 0.247. The van der Waals surface area contributed by atoms with E-state index in [0.717, 1.165) is 5.56 Å². The van der Waals surface area contributed by atoms with Gasteiger partial charge in [0.1, 0.15) is 0 Å². The molecule has 0 saturated carbocycles. The second-order valence-corrected chi connectivity index (χ2v) is 4.72. The Morgan fingerprint density at radius 1 is 1.41 bits per heavy atom. The van der Waals surface area contributed by atoms with Crippen molar-refractivity contribution < 1.29 is 4.79 Å². The van der Waals surface area contributed by atoms with Gasteiger partial charge < -0.3 is 0 Å². The summed E-state index contributed by atoms with van der Waals surface area (Å²) in [6.07, 6.45) is 0.472. The van der Waals surface area contributed by atoms with E-state index >= 15 is 0 Å². The highest BCUT2D eigenvalue weighted by atomic mass is 35.5. The van der Waals surface area contributed by atoms with E-state index in [-0.39, 0.29) is 5.91 Å². The molecule has 0 heterocycles. The van der Waals surface area contributed by atoms with E-state index in [1.165, 1.54) is 0 Å². The predicted octanol–water partition coefficient (Wildman–Crippen LogP) is 3.23. The summed E-state index contributed by atoms with van der Waals surface area (Å²) in [5, 5.41) is 4.67. The molecule has 0 aliphatic rings. The molecular formula is C13H17ClN2O. The Balaban J connectivity index is 2.68. The molecule has 0 aliphatic carbocycles. The minimum Gasteiger partial charge on any atom is -0.273 e. The van der Waals surface area contributed by atoms with Crippen LogP contribution in [0.1, 0.15) is 32.8 Å². The van der Waals surface area contributed by atoms with E-state index < -0.39 is 0 Å². The van der Waals surface area contributed by atoms with Gasteiger partial charge in [-0.25, -0.2) is 5.43 Å². The Morgan fingerprint density at radius 2 is 2.06 bits per heavy atom. The molecular weight excluding hydrogens is 236 g/mol. The molecule has 3 nitrogen and oxygen atoms in total. The second kappa shape index (κ2) is 6.40. The summed E-state index contributed by atoms with van der Waals surface area (Å²) in [5.41, 5.74) is 4.06. The van der Waals surface area contributed by atoms with Crippen molar-refractivity contribution in [3.63, 3.8) is 0 Å². The number of hydrogen-bond acceptors (Lipinski definition) is 2. The first-order valence-corrected chi connectivity index (χ1v) is 5.96. The third-order valence-corrected chi connectivity index (χ3v) is 2.54. The Morgan fingerprint density at radius 3 is 2.65 bits per heavy atom. The van der Waals surface area contributed by atoms with Crippen molar-refractivity contribution in [3.8, 4) is 0 Å². The van der Waals surface area contributed by atoms with Gasteiger partial charge in [0.2, 0.25) is 5.91 Å². The minimum absolute atomic E-state index is 0.0774. The van der Waals surface area contributed by atoms with Crippen molar-refractivity contribution in [3.05, 3.63) is 34.9 Å². The average Bonchev–Trinajstić information content (AvgIpc) is 2.25. The summed E-state index contributed by atoms with van der Waals surface area (Å²) in [6, 6.07) is 7.41. The van der Waals surface area contributed by atoms with E-state index in [1.807, 2.05) is 39.0 Å². The number of benzene rings is 1. The van der Waals surface area contributed by atoms with Crippen LogP contribution in [0, 0.1) is 5.92 Å². The third-order valence-electron chi connectivity index (χ3n) is 2.21. The topological polar surface area (TPSA) is 41.5 Å². The fourth-order valence-corrected chi connectivity index (χ4v) is 1.65. The number of nitrogens with one attached hydrogen (secondary N) is 1. The first-order valence-electron chi connectivity index (χ1n) is 5.58. The molecule has 1 aromatic rings. The van der Waals surface area contributed by atoms with E-state index in [2.05, 4.69) is 10.5 Å². The standard InChI is InChI=1S/C13H17ClN2O/c1-9(2)8-13(17)16-15-10(3)11-6-4-5-7-12(11)14/h4-7,9H,8H2,1-3H3,(H,16,17). The molecule has 0 bridgehead atoms. The maximum atomic E-state index is 11.4. The Kier molecular flexibility index (Phi) is 5.16. The number of amides is 1. The van der Waals surface area contributed by atoms with E-state index in [0.29, 0.717) is 23.1 Å². The van der Waals surface area contributed by atoms with Gasteiger partial charge in [0.25, 0.3) is 0 Å². The van der Waals surface area contributed by atoms with Crippen molar-refractivity contribution in [2.75, 3.05) is 0 Å². The molecule has 0 unspecified atom stereocenters. The average molecular weight is 253 g/mol. The molecule has 17 heavy (non-hydrogen) atoms. The van der Waals surface area contributed by atoms with Gasteiger partial charge in [0.15, 0.2) is 0 Å². The second-order valence-electron chi connectivity index (χ2n) is 4.31. The third kappa shape index (κ3) is 4.57. The summed E-state index contributed by atoms with van der Waals surface area (Å²) in [7, 11) is 0. The van der Waals surface area contributed by atoms with Crippen molar-refractivity contribution in [1.82, 2.24) is 5.43 Å². The fourth-order valence-electron chi connectivity index (χ4n) is 1.38. The SMILES string of the molecule is CC(=NNC(=O)CC(C)C)c1ccccc1Cl. The van der Waals surface area contributed by atoms with Crippen LogP contribution in [-0.4, -0.2) is 11.6 Å². The maximum absolute atomic E-state index is 11.4. The van der Waals surface area contributed by atoms with Gasteiger partial charge >= 0.3 is 0 Å². The van der Waals surface area contributed by atoms with E-state index in [4.69, 9.17) is 11.6 Å². The number of rotatable bonds is 4. The zero-order chi connectivity index (χ0) is 12.8. The van der Waals surface area contributed by atoms with Gasteiger partial charge in [-0.3, -0.25) is 4.79 Å². The van der Waals surface area contributed by atoms with E-state index in [1.54, 1.807) is 6.07 Å². The molecule has 0 fully saturated rings. The molecule has 0 atom stereocenters. The summed E-state index contributed by atoms with van der Waals surface area (Å²) in [4.78, 5) is 11.4. The quantitative estimate of drug-likeness (QED) is 0.649. The van der Waals surface area contributed by atoms with Gasteiger partial charge in [-0.05, 0) is 18.9 Å². The molecule has 4 heteroatoms. The van der Waals surface area contributed by atoms with Crippen LogP contribution in [0.4, 0.5) is 0 Å². The van der Waals surface area contributed by atoms with Gasteiger partial charge in [0.05, 0.1) is 5.71 Å². The highest BCUT2D eigenvalue weighted by molar-refractivity contribution is 6.34. The van der Waals surface area contributed by atoms with Crippen LogP contribution in [-0.2, 0) is 4.79 Å². The summed E-state index contributed by atoms with van der Waals surface area (Å²) in [6.45, 7) is 5.80. The lowest BCUT2D eigenvalue weighted by Gasteiger charge is -2.05. The first kappa shape index (κ1) is 13.7. The molecule has 0 aromatic heterocycles. The minimum atomic E-state index is -0.0774.